The van der Waals surface area contributed by atoms with Gasteiger partial charge < -0.3 is 10.2 Å². The summed E-state index contributed by atoms with van der Waals surface area (Å²) in [5.74, 6) is -1.23. The van der Waals surface area contributed by atoms with Crippen LogP contribution in [0.5, 0.6) is 0 Å². The molecule has 0 unspecified atom stereocenters. The molecule has 1 heterocycles. The van der Waals surface area contributed by atoms with Gasteiger partial charge in [0.2, 0.25) is 10.0 Å². The molecule has 6 nitrogen and oxygen atoms in total. The molecular formula is C23H21F2N3O3S. The average Bonchev–Trinajstić information content (AvgIpc) is 2.81. The first-order valence-corrected chi connectivity index (χ1v) is 11.4. The van der Waals surface area contributed by atoms with Crippen molar-refractivity contribution in [3.63, 3.8) is 0 Å². The topological polar surface area (TPSA) is 69.7 Å². The number of piperazine rings is 1. The number of rotatable bonds is 5. The molecule has 3 aromatic carbocycles. The monoisotopic (exact) mass is 457 g/mol. The van der Waals surface area contributed by atoms with Crippen LogP contribution in [0.2, 0.25) is 0 Å². The van der Waals surface area contributed by atoms with Gasteiger partial charge in [0.25, 0.3) is 5.91 Å². The van der Waals surface area contributed by atoms with Crippen molar-refractivity contribution in [3.8, 4) is 0 Å². The number of sulfonamides is 1. The summed E-state index contributed by atoms with van der Waals surface area (Å²) in [5, 5.41) is 2.62. The molecule has 0 radical (unpaired) electrons. The first-order chi connectivity index (χ1) is 15.3. The van der Waals surface area contributed by atoms with Gasteiger partial charge in [-0.05, 0) is 66.7 Å². The van der Waals surface area contributed by atoms with Gasteiger partial charge in [-0.15, -0.1) is 0 Å². The Morgan fingerprint density at radius 2 is 1.41 bits per heavy atom. The Kier molecular flexibility index (Phi) is 6.20. The van der Waals surface area contributed by atoms with Gasteiger partial charge in [-0.3, -0.25) is 4.79 Å². The van der Waals surface area contributed by atoms with Gasteiger partial charge in [0.1, 0.15) is 11.6 Å². The lowest BCUT2D eigenvalue weighted by Gasteiger charge is -2.35. The third-order valence-corrected chi connectivity index (χ3v) is 7.16. The maximum Gasteiger partial charge on any atom is 0.255 e. The quantitative estimate of drug-likeness (QED) is 0.634. The van der Waals surface area contributed by atoms with E-state index >= 15 is 0 Å². The van der Waals surface area contributed by atoms with Crippen molar-refractivity contribution in [2.24, 2.45) is 0 Å². The summed E-state index contributed by atoms with van der Waals surface area (Å²) < 4.78 is 53.8. The van der Waals surface area contributed by atoms with E-state index in [1.165, 1.54) is 65.0 Å². The number of nitrogens with zero attached hydrogens (tertiary/aromatic N) is 2. The molecule has 0 spiro atoms. The van der Waals surface area contributed by atoms with Gasteiger partial charge in [-0.2, -0.15) is 4.31 Å². The van der Waals surface area contributed by atoms with E-state index in [9.17, 15) is 22.0 Å². The fourth-order valence-corrected chi connectivity index (χ4v) is 4.99. The second-order valence-corrected chi connectivity index (χ2v) is 9.29. The van der Waals surface area contributed by atoms with E-state index in [0.29, 0.717) is 18.8 Å². The molecule has 1 aliphatic heterocycles. The molecule has 4 rings (SSSR count). The zero-order valence-electron chi connectivity index (χ0n) is 17.0. The number of nitrogens with one attached hydrogen (secondary N) is 1. The number of anilines is 2. The van der Waals surface area contributed by atoms with Gasteiger partial charge in [-0.25, -0.2) is 17.2 Å². The lowest BCUT2D eigenvalue weighted by molar-refractivity contribution is 0.102. The fraction of sp³-hybridized carbons (Fsp3) is 0.174. The third kappa shape index (κ3) is 4.79. The molecule has 0 bridgehead atoms. The van der Waals surface area contributed by atoms with Crippen LogP contribution in [0, 0.1) is 11.6 Å². The zero-order valence-corrected chi connectivity index (χ0v) is 17.9. The lowest BCUT2D eigenvalue weighted by Crippen LogP contribution is -2.48. The summed E-state index contributed by atoms with van der Waals surface area (Å²) in [4.78, 5) is 14.6. The molecule has 32 heavy (non-hydrogen) atoms. The Morgan fingerprint density at radius 3 is 2.03 bits per heavy atom. The van der Waals surface area contributed by atoms with Crippen molar-refractivity contribution >= 4 is 27.3 Å². The van der Waals surface area contributed by atoms with E-state index in [2.05, 4.69) is 5.32 Å². The molecule has 166 valence electrons. The van der Waals surface area contributed by atoms with Crippen LogP contribution < -0.4 is 10.2 Å². The number of carbonyl (C=O) groups is 1. The smallest absolute Gasteiger partial charge is 0.255 e. The number of halogens is 2. The lowest BCUT2D eigenvalue weighted by atomic mass is 10.2. The van der Waals surface area contributed by atoms with Crippen molar-refractivity contribution in [2.75, 3.05) is 36.4 Å². The molecule has 1 N–H and O–H groups in total. The van der Waals surface area contributed by atoms with E-state index in [-0.39, 0.29) is 29.4 Å². The predicted octanol–water partition coefficient (Wildman–Crippen LogP) is 3.73. The maximum absolute atomic E-state index is 13.1. The number of carbonyl (C=O) groups excluding carboxylic acids is 1. The molecule has 1 saturated heterocycles. The standard InChI is InChI=1S/C23H21F2N3O3S/c24-18-4-8-20(9-5-18)26-23(29)17-2-1-3-22(16-17)32(30,31)28-14-12-27(13-15-28)21-10-6-19(25)7-11-21/h1-11,16H,12-15H2,(H,26,29). The van der Waals surface area contributed by atoms with Crippen LogP contribution >= 0.6 is 0 Å². The van der Waals surface area contributed by atoms with Crippen molar-refractivity contribution in [3.05, 3.63) is 90.0 Å². The van der Waals surface area contributed by atoms with Crippen LogP contribution in [0.3, 0.4) is 0 Å². The summed E-state index contributed by atoms with van der Waals surface area (Å²) >= 11 is 0. The Morgan fingerprint density at radius 1 is 0.812 bits per heavy atom. The first kappa shape index (κ1) is 21.9. The maximum atomic E-state index is 13.1. The fourth-order valence-electron chi connectivity index (χ4n) is 3.52. The van der Waals surface area contributed by atoms with Crippen LogP contribution in [-0.4, -0.2) is 44.8 Å². The highest BCUT2D eigenvalue weighted by Crippen LogP contribution is 2.22. The number of amides is 1. The molecule has 1 amide bonds. The SMILES string of the molecule is O=C(Nc1ccc(F)cc1)c1cccc(S(=O)(=O)N2CCN(c3ccc(F)cc3)CC2)c1. The average molecular weight is 458 g/mol. The number of hydrogen-bond donors (Lipinski definition) is 1. The Bertz CT molecular complexity index is 1210. The van der Waals surface area contributed by atoms with Gasteiger partial charge in [-0.1, -0.05) is 6.07 Å². The summed E-state index contributed by atoms with van der Waals surface area (Å²) in [6.45, 7) is 1.47. The van der Waals surface area contributed by atoms with E-state index in [1.54, 1.807) is 12.1 Å². The largest absolute Gasteiger partial charge is 0.369 e. The molecule has 3 aromatic rings. The van der Waals surface area contributed by atoms with Crippen molar-refractivity contribution in [1.29, 1.82) is 0 Å². The van der Waals surface area contributed by atoms with Crippen molar-refractivity contribution in [2.45, 2.75) is 4.90 Å². The second kappa shape index (κ2) is 9.05. The summed E-state index contributed by atoms with van der Waals surface area (Å²) in [7, 11) is -3.79. The minimum absolute atomic E-state index is 0.0273. The molecule has 1 fully saturated rings. The summed E-state index contributed by atoms with van der Waals surface area (Å²) in [6, 6.07) is 17.2. The van der Waals surface area contributed by atoms with E-state index in [0.717, 1.165) is 5.69 Å². The van der Waals surface area contributed by atoms with Crippen LogP contribution in [0.4, 0.5) is 20.2 Å². The summed E-state index contributed by atoms with van der Waals surface area (Å²) in [6.07, 6.45) is 0. The normalized spacial score (nSPS) is 14.9. The number of hydrogen-bond acceptors (Lipinski definition) is 4. The molecule has 0 aliphatic carbocycles. The highest BCUT2D eigenvalue weighted by Gasteiger charge is 2.29. The van der Waals surface area contributed by atoms with Crippen molar-refractivity contribution < 1.29 is 22.0 Å². The molecule has 0 atom stereocenters. The minimum Gasteiger partial charge on any atom is -0.369 e. The minimum atomic E-state index is -3.79. The Labute approximate surface area is 185 Å². The Balaban J connectivity index is 1.45. The third-order valence-electron chi connectivity index (χ3n) is 5.27. The van der Waals surface area contributed by atoms with Gasteiger partial charge in [0.05, 0.1) is 4.90 Å². The zero-order chi connectivity index (χ0) is 22.7. The molecule has 9 heteroatoms. The van der Waals surface area contributed by atoms with Gasteiger partial charge >= 0.3 is 0 Å². The molecule has 0 aromatic heterocycles. The second-order valence-electron chi connectivity index (χ2n) is 7.36. The van der Waals surface area contributed by atoms with Crippen LogP contribution in [0.15, 0.2) is 77.7 Å². The molecule has 0 saturated carbocycles. The summed E-state index contributed by atoms with van der Waals surface area (Å²) in [5.41, 5.74) is 1.42. The molecule has 1 aliphatic rings. The van der Waals surface area contributed by atoms with E-state index in [4.69, 9.17) is 0 Å². The predicted molar refractivity (Wildman–Crippen MR) is 118 cm³/mol. The Hall–Kier alpha value is -3.30. The van der Waals surface area contributed by atoms with Gasteiger partial charge in [0.15, 0.2) is 0 Å². The number of benzene rings is 3. The first-order valence-electron chi connectivity index (χ1n) is 10.0. The van der Waals surface area contributed by atoms with E-state index in [1.807, 2.05) is 4.90 Å². The van der Waals surface area contributed by atoms with Crippen molar-refractivity contribution in [1.82, 2.24) is 4.31 Å². The van der Waals surface area contributed by atoms with Crippen LogP contribution in [0.25, 0.3) is 0 Å². The van der Waals surface area contributed by atoms with Gasteiger partial charge in [0, 0.05) is 43.1 Å². The highest BCUT2D eigenvalue weighted by atomic mass is 32.2. The van der Waals surface area contributed by atoms with E-state index < -0.39 is 21.7 Å². The molecular weight excluding hydrogens is 436 g/mol. The van der Waals surface area contributed by atoms with Crippen LogP contribution in [0.1, 0.15) is 10.4 Å². The highest BCUT2D eigenvalue weighted by molar-refractivity contribution is 7.89. The van der Waals surface area contributed by atoms with Crippen LogP contribution in [-0.2, 0) is 10.0 Å².